The summed E-state index contributed by atoms with van der Waals surface area (Å²) >= 11 is 3.55. The van der Waals surface area contributed by atoms with Crippen molar-refractivity contribution in [2.45, 2.75) is 26.2 Å². The second-order valence-electron chi connectivity index (χ2n) is 4.94. The highest BCUT2D eigenvalue weighted by molar-refractivity contribution is 7.14. The Hall–Kier alpha value is -0.710. The van der Waals surface area contributed by atoms with Gasteiger partial charge < -0.3 is 5.73 Å². The van der Waals surface area contributed by atoms with Gasteiger partial charge in [-0.1, -0.05) is 0 Å². The maximum absolute atomic E-state index is 5.82. The Morgan fingerprint density at radius 3 is 2.82 bits per heavy atom. The molecule has 0 bridgehead atoms. The topological polar surface area (TPSA) is 38.9 Å². The third kappa shape index (κ3) is 2.17. The van der Waals surface area contributed by atoms with Gasteiger partial charge >= 0.3 is 0 Å². The van der Waals surface area contributed by atoms with Crippen LogP contribution in [-0.4, -0.2) is 11.5 Å². The van der Waals surface area contributed by atoms with Crippen molar-refractivity contribution in [3.05, 3.63) is 27.4 Å². The molecule has 2 N–H and O–H groups in total. The van der Waals surface area contributed by atoms with E-state index < -0.39 is 0 Å². The number of nitrogens with zero attached hydrogens (tertiary/aromatic N) is 1. The molecule has 17 heavy (non-hydrogen) atoms. The molecule has 4 heteroatoms. The number of thiophene rings is 1. The normalized spacial score (nSPS) is 17.3. The summed E-state index contributed by atoms with van der Waals surface area (Å²) in [5.74, 6) is 0. The van der Waals surface area contributed by atoms with Gasteiger partial charge in [0, 0.05) is 11.8 Å². The van der Waals surface area contributed by atoms with Crippen LogP contribution in [0.25, 0.3) is 10.6 Å². The van der Waals surface area contributed by atoms with E-state index in [4.69, 9.17) is 10.7 Å². The number of nitrogens with two attached hydrogens (primary N) is 1. The largest absolute Gasteiger partial charge is 0.330 e. The van der Waals surface area contributed by atoms with Crippen LogP contribution >= 0.6 is 22.7 Å². The van der Waals surface area contributed by atoms with Crippen molar-refractivity contribution in [3.8, 4) is 10.6 Å². The standard InChI is InChI=1S/C13H16N2S2/c1-9-2-5-16-12(9)10-7-17-11(15-10)6-13(8-14)3-4-13/h2,5,7H,3-4,6,8,14H2,1H3. The zero-order valence-electron chi connectivity index (χ0n) is 9.90. The predicted molar refractivity (Wildman–Crippen MR) is 74.6 cm³/mol. The van der Waals surface area contributed by atoms with Gasteiger partial charge in [-0.25, -0.2) is 4.98 Å². The van der Waals surface area contributed by atoms with Crippen LogP contribution in [0.2, 0.25) is 0 Å². The number of hydrogen-bond acceptors (Lipinski definition) is 4. The molecular weight excluding hydrogens is 248 g/mol. The van der Waals surface area contributed by atoms with Crippen molar-refractivity contribution >= 4 is 22.7 Å². The summed E-state index contributed by atoms with van der Waals surface area (Å²) < 4.78 is 0. The molecule has 0 aromatic carbocycles. The molecule has 0 saturated heterocycles. The van der Waals surface area contributed by atoms with E-state index in [1.807, 2.05) is 0 Å². The lowest BCUT2D eigenvalue weighted by molar-refractivity contribution is 0.520. The predicted octanol–water partition coefficient (Wildman–Crippen LogP) is 3.46. The van der Waals surface area contributed by atoms with Crippen molar-refractivity contribution < 1.29 is 0 Å². The molecule has 3 rings (SSSR count). The van der Waals surface area contributed by atoms with Crippen molar-refractivity contribution in [1.29, 1.82) is 0 Å². The van der Waals surface area contributed by atoms with Crippen molar-refractivity contribution in [2.24, 2.45) is 11.1 Å². The molecule has 1 aliphatic carbocycles. The quantitative estimate of drug-likeness (QED) is 0.918. The summed E-state index contributed by atoms with van der Waals surface area (Å²) in [5.41, 5.74) is 8.68. The molecular formula is C13H16N2S2. The number of rotatable bonds is 4. The van der Waals surface area contributed by atoms with Gasteiger partial charge in [0.1, 0.15) is 0 Å². The van der Waals surface area contributed by atoms with E-state index in [1.54, 1.807) is 22.7 Å². The van der Waals surface area contributed by atoms with Crippen LogP contribution in [0.1, 0.15) is 23.4 Å². The highest BCUT2D eigenvalue weighted by Gasteiger charge is 2.41. The molecule has 0 unspecified atom stereocenters. The smallest absolute Gasteiger partial charge is 0.0938 e. The van der Waals surface area contributed by atoms with Crippen molar-refractivity contribution in [1.82, 2.24) is 4.98 Å². The zero-order valence-corrected chi connectivity index (χ0v) is 11.5. The lowest BCUT2D eigenvalue weighted by Crippen LogP contribution is -2.17. The number of aromatic nitrogens is 1. The minimum Gasteiger partial charge on any atom is -0.330 e. The number of thiazole rings is 1. The molecule has 90 valence electrons. The van der Waals surface area contributed by atoms with Crippen LogP contribution in [0.5, 0.6) is 0 Å². The second-order valence-corrected chi connectivity index (χ2v) is 6.80. The fourth-order valence-electron chi connectivity index (χ4n) is 2.08. The lowest BCUT2D eigenvalue weighted by Gasteiger charge is -2.08. The second kappa shape index (κ2) is 4.19. The molecule has 2 heterocycles. The van der Waals surface area contributed by atoms with E-state index in [-0.39, 0.29) is 0 Å². The van der Waals surface area contributed by atoms with Gasteiger partial charge in [-0.2, -0.15) is 0 Å². The molecule has 0 amide bonds. The van der Waals surface area contributed by atoms with Gasteiger partial charge in [0.25, 0.3) is 0 Å². The highest BCUT2D eigenvalue weighted by Crippen LogP contribution is 2.48. The van der Waals surface area contributed by atoms with Crippen molar-refractivity contribution in [3.63, 3.8) is 0 Å². The average Bonchev–Trinajstić information content (AvgIpc) is 2.72. The van der Waals surface area contributed by atoms with Gasteiger partial charge in [-0.05, 0) is 48.7 Å². The first-order chi connectivity index (χ1) is 8.22. The Balaban J connectivity index is 1.81. The lowest BCUT2D eigenvalue weighted by atomic mass is 10.0. The molecule has 2 aromatic rings. The van der Waals surface area contributed by atoms with Crippen LogP contribution < -0.4 is 5.73 Å². The van der Waals surface area contributed by atoms with E-state index in [2.05, 4.69) is 23.8 Å². The summed E-state index contributed by atoms with van der Waals surface area (Å²) in [4.78, 5) is 6.07. The Morgan fingerprint density at radius 2 is 2.24 bits per heavy atom. The average molecular weight is 264 g/mol. The molecule has 1 fully saturated rings. The summed E-state index contributed by atoms with van der Waals surface area (Å²) in [6.45, 7) is 2.95. The summed E-state index contributed by atoms with van der Waals surface area (Å²) in [5, 5.41) is 5.56. The number of hydrogen-bond donors (Lipinski definition) is 1. The molecule has 0 radical (unpaired) electrons. The Bertz CT molecular complexity index is 523. The molecule has 2 nitrogen and oxygen atoms in total. The van der Waals surface area contributed by atoms with Crippen molar-refractivity contribution in [2.75, 3.05) is 6.54 Å². The van der Waals surface area contributed by atoms with E-state index in [9.17, 15) is 0 Å². The van der Waals surface area contributed by atoms with Crippen LogP contribution in [-0.2, 0) is 6.42 Å². The molecule has 1 saturated carbocycles. The molecule has 1 aliphatic rings. The fourth-order valence-corrected chi connectivity index (χ4v) is 4.00. The Labute approximate surface area is 110 Å². The SMILES string of the molecule is Cc1ccsc1-c1csc(CC2(CN)CC2)n1. The summed E-state index contributed by atoms with van der Waals surface area (Å²) in [6.07, 6.45) is 3.62. The minimum absolute atomic E-state index is 0.389. The van der Waals surface area contributed by atoms with Crippen LogP contribution in [0.4, 0.5) is 0 Å². The van der Waals surface area contributed by atoms with Gasteiger partial charge in [-0.15, -0.1) is 22.7 Å². The van der Waals surface area contributed by atoms with E-state index in [0.29, 0.717) is 5.41 Å². The first-order valence-corrected chi connectivity index (χ1v) is 7.67. The third-order valence-corrected chi connectivity index (χ3v) is 5.45. The van der Waals surface area contributed by atoms with E-state index >= 15 is 0 Å². The minimum atomic E-state index is 0.389. The van der Waals surface area contributed by atoms with Gasteiger partial charge in [0.2, 0.25) is 0 Å². The Kier molecular flexibility index (Phi) is 2.81. The molecule has 0 spiro atoms. The highest BCUT2D eigenvalue weighted by atomic mass is 32.1. The third-order valence-electron chi connectivity index (χ3n) is 3.56. The van der Waals surface area contributed by atoms with E-state index in [0.717, 1.165) is 18.7 Å². The zero-order chi connectivity index (χ0) is 11.9. The van der Waals surface area contributed by atoms with E-state index in [1.165, 1.54) is 28.3 Å². The molecule has 2 aromatic heterocycles. The van der Waals surface area contributed by atoms with Gasteiger partial charge in [-0.3, -0.25) is 0 Å². The molecule has 0 atom stereocenters. The van der Waals surface area contributed by atoms with Crippen LogP contribution in [0.3, 0.4) is 0 Å². The fraction of sp³-hybridized carbons (Fsp3) is 0.462. The first kappa shape index (κ1) is 11.4. The number of aryl methyl sites for hydroxylation is 1. The maximum Gasteiger partial charge on any atom is 0.0938 e. The first-order valence-electron chi connectivity index (χ1n) is 5.91. The van der Waals surface area contributed by atoms with Gasteiger partial charge in [0.15, 0.2) is 0 Å². The van der Waals surface area contributed by atoms with Gasteiger partial charge in [0.05, 0.1) is 15.6 Å². The molecule has 0 aliphatic heterocycles. The summed E-state index contributed by atoms with van der Waals surface area (Å²) in [7, 11) is 0. The maximum atomic E-state index is 5.82. The monoisotopic (exact) mass is 264 g/mol. The van der Waals surface area contributed by atoms with Crippen LogP contribution in [0, 0.1) is 12.3 Å². The Morgan fingerprint density at radius 1 is 1.41 bits per heavy atom. The summed E-state index contributed by atoms with van der Waals surface area (Å²) in [6, 6.07) is 2.15. The van der Waals surface area contributed by atoms with Crippen LogP contribution in [0.15, 0.2) is 16.8 Å².